The average Bonchev–Trinajstić information content (AvgIpc) is 2.91. The fourth-order valence-electron chi connectivity index (χ4n) is 2.80. The number of hydrogen-bond donors (Lipinski definition) is 2. The van der Waals surface area contributed by atoms with Gasteiger partial charge in [0.2, 0.25) is 5.88 Å². The van der Waals surface area contributed by atoms with E-state index in [0.717, 1.165) is 12.3 Å². The zero-order valence-electron chi connectivity index (χ0n) is 11.1. The Morgan fingerprint density at radius 1 is 1.44 bits per heavy atom. The van der Waals surface area contributed by atoms with Gasteiger partial charge in [-0.05, 0) is 24.3 Å². The molecule has 2 rings (SSSR count). The topological polar surface area (TPSA) is 60.2 Å². The zero-order valence-corrected chi connectivity index (χ0v) is 11.1. The van der Waals surface area contributed by atoms with Gasteiger partial charge in [-0.3, -0.25) is 11.3 Å². The summed E-state index contributed by atoms with van der Waals surface area (Å²) in [7, 11) is 1.63. The summed E-state index contributed by atoms with van der Waals surface area (Å²) >= 11 is 0. The van der Waals surface area contributed by atoms with Gasteiger partial charge in [-0.15, -0.1) is 0 Å². The Hall–Kier alpha value is -1.13. The summed E-state index contributed by atoms with van der Waals surface area (Å²) < 4.78 is 5.06. The summed E-state index contributed by atoms with van der Waals surface area (Å²) in [5.74, 6) is 7.16. The number of nitrogens with zero attached hydrogens (tertiary/aromatic N) is 1. The van der Waals surface area contributed by atoms with Crippen molar-refractivity contribution in [1.29, 1.82) is 0 Å². The fourth-order valence-corrected chi connectivity index (χ4v) is 2.80. The van der Waals surface area contributed by atoms with Crippen molar-refractivity contribution in [3.05, 3.63) is 23.9 Å². The van der Waals surface area contributed by atoms with Crippen LogP contribution in [0, 0.1) is 5.92 Å². The number of methoxy groups -OCH3 is 1. The largest absolute Gasteiger partial charge is 0.481 e. The van der Waals surface area contributed by atoms with E-state index in [2.05, 4.69) is 16.5 Å². The Morgan fingerprint density at radius 3 is 2.78 bits per heavy atom. The van der Waals surface area contributed by atoms with E-state index in [1.165, 1.54) is 37.7 Å². The lowest BCUT2D eigenvalue weighted by atomic mass is 9.95. The van der Waals surface area contributed by atoms with E-state index in [1.807, 2.05) is 12.3 Å². The van der Waals surface area contributed by atoms with Crippen LogP contribution in [0.3, 0.4) is 0 Å². The van der Waals surface area contributed by atoms with Crippen LogP contribution in [-0.4, -0.2) is 18.1 Å². The normalized spacial score (nSPS) is 17.9. The molecule has 1 aromatic heterocycles. The van der Waals surface area contributed by atoms with E-state index in [9.17, 15) is 0 Å². The number of hydrogen-bond acceptors (Lipinski definition) is 4. The zero-order chi connectivity index (χ0) is 12.8. The van der Waals surface area contributed by atoms with Crippen molar-refractivity contribution in [2.24, 2.45) is 11.8 Å². The molecule has 100 valence electrons. The van der Waals surface area contributed by atoms with Crippen molar-refractivity contribution < 1.29 is 4.74 Å². The molecular weight excluding hydrogens is 226 g/mol. The summed E-state index contributed by atoms with van der Waals surface area (Å²) in [5, 5.41) is 0. The lowest BCUT2D eigenvalue weighted by molar-refractivity contribution is 0.386. The lowest BCUT2D eigenvalue weighted by Crippen LogP contribution is -2.38. The van der Waals surface area contributed by atoms with Crippen molar-refractivity contribution in [2.45, 2.75) is 44.6 Å². The van der Waals surface area contributed by atoms with Crippen LogP contribution in [0.5, 0.6) is 5.88 Å². The van der Waals surface area contributed by atoms with E-state index < -0.39 is 0 Å². The van der Waals surface area contributed by atoms with Gasteiger partial charge in [0, 0.05) is 18.3 Å². The van der Waals surface area contributed by atoms with Gasteiger partial charge in [-0.25, -0.2) is 4.98 Å². The van der Waals surface area contributed by atoms with Gasteiger partial charge in [0.05, 0.1) is 7.11 Å². The number of aromatic nitrogens is 1. The third-order valence-corrected chi connectivity index (χ3v) is 3.82. The molecule has 1 aliphatic carbocycles. The lowest BCUT2D eigenvalue weighted by Gasteiger charge is -2.19. The minimum Gasteiger partial charge on any atom is -0.481 e. The number of hydrazine groups is 1. The summed E-state index contributed by atoms with van der Waals surface area (Å²) in [6, 6.07) is 4.31. The Morgan fingerprint density at radius 2 is 2.22 bits per heavy atom. The number of ether oxygens (including phenoxy) is 1. The van der Waals surface area contributed by atoms with Gasteiger partial charge in [0.15, 0.2) is 0 Å². The van der Waals surface area contributed by atoms with E-state index in [4.69, 9.17) is 10.6 Å². The third kappa shape index (κ3) is 3.68. The predicted octanol–water partition coefficient (Wildman–Crippen LogP) is 2.04. The van der Waals surface area contributed by atoms with Crippen LogP contribution in [0.2, 0.25) is 0 Å². The monoisotopic (exact) mass is 249 g/mol. The number of nitrogens with one attached hydrogen (secondary N) is 1. The smallest absolute Gasteiger partial charge is 0.212 e. The number of nitrogens with two attached hydrogens (primary N) is 1. The molecule has 0 spiro atoms. The molecule has 0 aliphatic heterocycles. The number of rotatable bonds is 6. The van der Waals surface area contributed by atoms with E-state index in [1.54, 1.807) is 7.11 Å². The Bertz CT molecular complexity index is 347. The second-order valence-corrected chi connectivity index (χ2v) is 5.16. The molecule has 4 nitrogen and oxygen atoms in total. The Kier molecular flexibility index (Phi) is 4.96. The summed E-state index contributed by atoms with van der Waals surface area (Å²) in [4.78, 5) is 4.23. The highest BCUT2D eigenvalue weighted by atomic mass is 16.5. The van der Waals surface area contributed by atoms with Crippen LogP contribution < -0.4 is 16.0 Å². The molecule has 1 heterocycles. The van der Waals surface area contributed by atoms with Crippen LogP contribution >= 0.6 is 0 Å². The van der Waals surface area contributed by atoms with E-state index in [0.29, 0.717) is 11.9 Å². The Balaban J connectivity index is 1.87. The standard InChI is InChI=1S/C14H23N3O/c1-18-14-7-6-12(10-16-14)9-13(17-15)8-11-4-2-3-5-11/h6-7,10-11,13,17H,2-5,8-9,15H2,1H3. The van der Waals surface area contributed by atoms with Gasteiger partial charge >= 0.3 is 0 Å². The quantitative estimate of drug-likeness (QED) is 0.598. The van der Waals surface area contributed by atoms with E-state index in [-0.39, 0.29) is 0 Å². The molecule has 1 aromatic rings. The first-order valence-electron chi connectivity index (χ1n) is 6.77. The fraction of sp³-hybridized carbons (Fsp3) is 0.643. The van der Waals surface area contributed by atoms with E-state index >= 15 is 0 Å². The Labute approximate surface area is 109 Å². The molecule has 0 bridgehead atoms. The molecule has 1 saturated carbocycles. The minimum atomic E-state index is 0.350. The highest BCUT2D eigenvalue weighted by Crippen LogP contribution is 2.29. The van der Waals surface area contributed by atoms with Gasteiger partial charge in [0.1, 0.15) is 0 Å². The molecule has 1 fully saturated rings. The molecule has 0 radical (unpaired) electrons. The maximum absolute atomic E-state index is 5.66. The maximum Gasteiger partial charge on any atom is 0.212 e. The van der Waals surface area contributed by atoms with Crippen molar-refractivity contribution in [2.75, 3.05) is 7.11 Å². The van der Waals surface area contributed by atoms with Crippen LogP contribution in [0.25, 0.3) is 0 Å². The summed E-state index contributed by atoms with van der Waals surface area (Å²) in [5.41, 5.74) is 4.15. The number of pyridine rings is 1. The van der Waals surface area contributed by atoms with Gasteiger partial charge in [-0.1, -0.05) is 31.7 Å². The van der Waals surface area contributed by atoms with Crippen molar-refractivity contribution in [1.82, 2.24) is 10.4 Å². The summed E-state index contributed by atoms with van der Waals surface area (Å²) in [6.45, 7) is 0. The van der Waals surface area contributed by atoms with Gasteiger partial charge < -0.3 is 4.74 Å². The first-order valence-corrected chi connectivity index (χ1v) is 6.77. The maximum atomic E-state index is 5.66. The first-order chi connectivity index (χ1) is 8.81. The van der Waals surface area contributed by atoms with Gasteiger partial charge in [0.25, 0.3) is 0 Å². The minimum absolute atomic E-state index is 0.350. The van der Waals surface area contributed by atoms with Crippen LogP contribution in [0.4, 0.5) is 0 Å². The SMILES string of the molecule is COc1ccc(CC(CC2CCCC2)NN)cn1. The molecule has 0 amide bonds. The highest BCUT2D eigenvalue weighted by molar-refractivity contribution is 5.18. The summed E-state index contributed by atoms with van der Waals surface area (Å²) in [6.07, 6.45) is 9.46. The molecule has 1 atom stereocenters. The molecule has 0 saturated heterocycles. The molecule has 18 heavy (non-hydrogen) atoms. The molecular formula is C14H23N3O. The van der Waals surface area contributed by atoms with Crippen molar-refractivity contribution >= 4 is 0 Å². The third-order valence-electron chi connectivity index (χ3n) is 3.82. The first kappa shape index (κ1) is 13.3. The van der Waals surface area contributed by atoms with Crippen molar-refractivity contribution in [3.8, 4) is 5.88 Å². The van der Waals surface area contributed by atoms with Crippen molar-refractivity contribution in [3.63, 3.8) is 0 Å². The molecule has 4 heteroatoms. The second-order valence-electron chi connectivity index (χ2n) is 5.16. The second kappa shape index (κ2) is 6.71. The molecule has 0 aromatic carbocycles. The molecule has 3 N–H and O–H groups in total. The average molecular weight is 249 g/mol. The molecule has 1 aliphatic rings. The van der Waals surface area contributed by atoms with Crippen LogP contribution in [-0.2, 0) is 6.42 Å². The van der Waals surface area contributed by atoms with Gasteiger partial charge in [-0.2, -0.15) is 0 Å². The highest BCUT2D eigenvalue weighted by Gasteiger charge is 2.19. The molecule has 1 unspecified atom stereocenters. The van der Waals surface area contributed by atoms with Crippen LogP contribution in [0.1, 0.15) is 37.7 Å². The van der Waals surface area contributed by atoms with Crippen LogP contribution in [0.15, 0.2) is 18.3 Å². The predicted molar refractivity (Wildman–Crippen MR) is 72.2 cm³/mol.